The van der Waals surface area contributed by atoms with Crippen LogP contribution in [0.5, 0.6) is 0 Å². The highest BCUT2D eigenvalue weighted by Crippen LogP contribution is 2.21. The monoisotopic (exact) mass is 1000 g/mol. The van der Waals surface area contributed by atoms with Crippen molar-refractivity contribution in [3.63, 3.8) is 0 Å². The van der Waals surface area contributed by atoms with Crippen LogP contribution in [0.4, 0.5) is 0 Å². The van der Waals surface area contributed by atoms with Gasteiger partial charge in [-0.05, 0) is 75.8 Å². The number of piperidine rings is 1. The molecule has 5 N–H and O–H groups in total. The predicted molar refractivity (Wildman–Crippen MR) is 271 cm³/mol. The number of likely N-dealkylation sites (N-methyl/N-ethyl adjacent to an activating group) is 4. The number of benzene rings is 2. The summed E-state index contributed by atoms with van der Waals surface area (Å²) in [6.45, 7) is 12.4. The molecule has 9 atom stereocenters. The van der Waals surface area contributed by atoms with Crippen LogP contribution in [0.25, 0.3) is 0 Å². The lowest BCUT2D eigenvalue weighted by molar-refractivity contribution is -0.150. The zero-order chi connectivity index (χ0) is 53.6. The zero-order valence-corrected chi connectivity index (χ0v) is 44.1. The summed E-state index contributed by atoms with van der Waals surface area (Å²) in [5.41, 5.74) is 1.38. The fraction of sp³-hybridized carbons (Fsp3) is 0.604. The number of aliphatic hydroxyl groups excluding tert-OH is 1. The zero-order valence-electron chi connectivity index (χ0n) is 44.1. The smallest absolute Gasteiger partial charge is 0.248 e. The number of rotatable bonds is 10. The SMILES string of the molecule is CC(C)C[C@H]1C(=O)N(C)[C@@H](Cc2ccccc2)C(=O)N[C@H](C(=O)N2CCCCC2)CC(=O)N(C)[C@@H](C)C(=O)N[C@@H](C)C(=O)N[C@@H]([C@@H](C)O)C(=O)N(C)[C@@H](CC(C)C)C(=O)N[C@@H](Cc2ccccc2)C(=O)N1C. The van der Waals surface area contributed by atoms with Crippen molar-refractivity contribution in [1.82, 2.24) is 45.8 Å². The highest BCUT2D eigenvalue weighted by Gasteiger charge is 2.42. The van der Waals surface area contributed by atoms with Crippen molar-refractivity contribution in [3.8, 4) is 0 Å². The molecule has 0 saturated carbocycles. The van der Waals surface area contributed by atoms with Crippen LogP contribution in [0.2, 0.25) is 0 Å². The average molecular weight is 1000 g/mol. The van der Waals surface area contributed by atoms with E-state index in [9.17, 15) is 38.7 Å². The Hall–Kier alpha value is -6.37. The summed E-state index contributed by atoms with van der Waals surface area (Å²) in [4.78, 5) is 136. The van der Waals surface area contributed by atoms with Crippen molar-refractivity contribution >= 4 is 53.2 Å². The molecular weight excluding hydrogens is 923 g/mol. The molecule has 0 spiro atoms. The maximum Gasteiger partial charge on any atom is 0.248 e. The van der Waals surface area contributed by atoms with Gasteiger partial charge in [-0.2, -0.15) is 0 Å². The Morgan fingerprint density at radius 1 is 0.569 bits per heavy atom. The lowest BCUT2D eigenvalue weighted by Gasteiger charge is -2.38. The summed E-state index contributed by atoms with van der Waals surface area (Å²) < 4.78 is 0. The maximum absolute atomic E-state index is 15.2. The predicted octanol–water partition coefficient (Wildman–Crippen LogP) is 1.65. The Labute approximate surface area is 425 Å². The summed E-state index contributed by atoms with van der Waals surface area (Å²) >= 11 is 0. The van der Waals surface area contributed by atoms with E-state index >= 15 is 9.59 Å². The highest BCUT2D eigenvalue weighted by molar-refractivity contribution is 5.99. The molecule has 0 bridgehead atoms. The Morgan fingerprint density at radius 2 is 1.07 bits per heavy atom. The van der Waals surface area contributed by atoms with Gasteiger partial charge >= 0.3 is 0 Å². The summed E-state index contributed by atoms with van der Waals surface area (Å²) in [7, 11) is 5.65. The molecule has 396 valence electrons. The van der Waals surface area contributed by atoms with Crippen LogP contribution in [0.1, 0.15) is 98.1 Å². The van der Waals surface area contributed by atoms with Crippen molar-refractivity contribution in [2.45, 2.75) is 154 Å². The minimum atomic E-state index is -1.58. The summed E-state index contributed by atoms with van der Waals surface area (Å²) in [5, 5.41) is 21.7. The summed E-state index contributed by atoms with van der Waals surface area (Å²) in [5.74, 6) is -6.57. The van der Waals surface area contributed by atoms with E-state index in [0.29, 0.717) is 24.2 Å². The van der Waals surface area contributed by atoms with Crippen molar-refractivity contribution < 1.29 is 48.3 Å². The average Bonchev–Trinajstić information content (AvgIpc) is 3.35. The largest absolute Gasteiger partial charge is 0.391 e. The first kappa shape index (κ1) is 58.2. The van der Waals surface area contributed by atoms with E-state index < -0.39 is 114 Å². The molecule has 2 heterocycles. The Balaban J connectivity index is 1.90. The van der Waals surface area contributed by atoms with Crippen LogP contribution in [0.3, 0.4) is 0 Å². The fourth-order valence-corrected chi connectivity index (χ4v) is 9.06. The number of nitrogens with one attached hydrogen (secondary N) is 4. The minimum Gasteiger partial charge on any atom is -0.391 e. The lowest BCUT2D eigenvalue weighted by atomic mass is 9.96. The van der Waals surface area contributed by atoms with E-state index in [1.807, 2.05) is 39.8 Å². The van der Waals surface area contributed by atoms with Crippen LogP contribution < -0.4 is 21.3 Å². The van der Waals surface area contributed by atoms with Gasteiger partial charge in [0, 0.05) is 54.1 Å². The van der Waals surface area contributed by atoms with Gasteiger partial charge in [0.15, 0.2) is 0 Å². The van der Waals surface area contributed by atoms with Crippen LogP contribution in [0.15, 0.2) is 60.7 Å². The molecule has 0 radical (unpaired) electrons. The number of hydrogen-bond donors (Lipinski definition) is 5. The van der Waals surface area contributed by atoms with Crippen LogP contribution in [0, 0.1) is 11.8 Å². The number of hydrogen-bond acceptors (Lipinski definition) is 10. The molecule has 2 fully saturated rings. The molecular formula is C53H79N9O10. The molecule has 19 heteroatoms. The van der Waals surface area contributed by atoms with E-state index in [1.54, 1.807) is 53.4 Å². The first-order valence-electron chi connectivity index (χ1n) is 25.2. The first-order valence-corrected chi connectivity index (χ1v) is 25.2. The third kappa shape index (κ3) is 15.8. The second kappa shape index (κ2) is 26.9. The second-order valence-electron chi connectivity index (χ2n) is 20.4. The van der Waals surface area contributed by atoms with Crippen LogP contribution in [-0.2, 0) is 56.0 Å². The van der Waals surface area contributed by atoms with Crippen LogP contribution >= 0.6 is 0 Å². The van der Waals surface area contributed by atoms with Gasteiger partial charge in [-0.15, -0.1) is 0 Å². The number of likely N-dealkylation sites (tertiary alicyclic amines) is 1. The lowest BCUT2D eigenvalue weighted by Crippen LogP contribution is -2.62. The molecule has 0 unspecified atom stereocenters. The van der Waals surface area contributed by atoms with Gasteiger partial charge in [0.05, 0.1) is 12.5 Å². The van der Waals surface area contributed by atoms with Gasteiger partial charge in [-0.3, -0.25) is 43.2 Å². The second-order valence-corrected chi connectivity index (χ2v) is 20.4. The number of aliphatic hydroxyl groups is 1. The van der Waals surface area contributed by atoms with E-state index in [0.717, 1.165) is 29.1 Å². The van der Waals surface area contributed by atoms with Gasteiger partial charge in [0.25, 0.3) is 0 Å². The molecule has 0 aromatic heterocycles. The molecule has 2 aliphatic rings. The number of carbonyl (C=O) groups excluding carboxylic acids is 9. The van der Waals surface area contributed by atoms with E-state index in [-0.39, 0.29) is 37.5 Å². The molecule has 72 heavy (non-hydrogen) atoms. The minimum absolute atomic E-state index is 0.00546. The molecule has 4 rings (SSSR count). The Morgan fingerprint density at radius 3 is 1.61 bits per heavy atom. The third-order valence-corrected chi connectivity index (χ3v) is 13.7. The molecule has 9 amide bonds. The molecule has 2 aromatic carbocycles. The third-order valence-electron chi connectivity index (χ3n) is 13.7. The quantitative estimate of drug-likeness (QED) is 0.231. The Bertz CT molecular complexity index is 2200. The highest BCUT2D eigenvalue weighted by atomic mass is 16.3. The Kier molecular flexibility index (Phi) is 21.7. The van der Waals surface area contributed by atoms with Gasteiger partial charge in [0.2, 0.25) is 53.2 Å². The van der Waals surface area contributed by atoms with Crippen molar-refractivity contribution in [2.24, 2.45) is 11.8 Å². The van der Waals surface area contributed by atoms with Gasteiger partial charge in [-0.1, -0.05) is 88.4 Å². The van der Waals surface area contributed by atoms with E-state index in [1.165, 1.54) is 58.8 Å². The van der Waals surface area contributed by atoms with Crippen molar-refractivity contribution in [1.29, 1.82) is 0 Å². The summed E-state index contributed by atoms with van der Waals surface area (Å²) in [6, 6.07) is 7.56. The first-order chi connectivity index (χ1) is 33.9. The van der Waals surface area contributed by atoms with Crippen LogP contribution in [-0.4, -0.2) is 178 Å². The molecule has 19 nitrogen and oxygen atoms in total. The topological polar surface area (TPSA) is 238 Å². The molecule has 0 aliphatic carbocycles. The van der Waals surface area contributed by atoms with Gasteiger partial charge in [-0.25, -0.2) is 0 Å². The van der Waals surface area contributed by atoms with Gasteiger partial charge < -0.3 is 50.9 Å². The molecule has 2 aromatic rings. The summed E-state index contributed by atoms with van der Waals surface area (Å²) in [6.07, 6.45) is 0.574. The van der Waals surface area contributed by atoms with E-state index in [4.69, 9.17) is 0 Å². The number of nitrogens with zero attached hydrogens (tertiary/aromatic N) is 5. The van der Waals surface area contributed by atoms with Gasteiger partial charge in [0.1, 0.15) is 48.3 Å². The number of carbonyl (C=O) groups is 9. The fourth-order valence-electron chi connectivity index (χ4n) is 9.06. The normalized spacial score (nSPS) is 26.2. The molecule has 2 aliphatic heterocycles. The maximum atomic E-state index is 15.2. The van der Waals surface area contributed by atoms with E-state index in [2.05, 4.69) is 21.3 Å². The standard InChI is InChI=1S/C53H79N9O10/c1-32(2)27-41-48(67)55-39(29-37-21-15-12-16-22-37)50(69)61(11)43(28-33(3)4)52(71)59(9)42(30-38-23-17-13-18-24-38)49(68)56-40(51(70)62-25-19-14-20-26-62)31-44(64)58(8)35(6)47(66)54-34(5)46(65)57-45(36(7)63)53(72)60(41)10/h12-13,15-18,21-24,32-36,39-43,45,63H,14,19-20,25-31H2,1-11H3,(H,54,66)(H,55,67)(H,56,68)(H,57,65)/t34-,35-,36+,39-,40-,41-,42-,43-,45-/m0/s1. The van der Waals surface area contributed by atoms with Crippen molar-refractivity contribution in [3.05, 3.63) is 71.8 Å². The number of amides is 9. The van der Waals surface area contributed by atoms with Crippen molar-refractivity contribution in [2.75, 3.05) is 41.3 Å². The molecule has 2 saturated heterocycles.